The first-order chi connectivity index (χ1) is 7.25. The fourth-order valence-electron chi connectivity index (χ4n) is 0.939. The fourth-order valence-corrected chi connectivity index (χ4v) is 0.939. The smallest absolute Gasteiger partial charge is 0.376 e. The molecule has 0 fully saturated rings. The first kappa shape index (κ1) is 13.9. The molecule has 16 heavy (non-hydrogen) atoms. The molecule has 6 heteroatoms. The third-order valence-electron chi connectivity index (χ3n) is 1.68. The van der Waals surface area contributed by atoms with E-state index in [4.69, 9.17) is 10.2 Å². The molecule has 0 aromatic heterocycles. The van der Waals surface area contributed by atoms with Crippen molar-refractivity contribution < 1.29 is 29.7 Å². The Labute approximate surface area is 91.5 Å². The Morgan fingerprint density at radius 2 is 1.50 bits per heavy atom. The van der Waals surface area contributed by atoms with Gasteiger partial charge in [0.15, 0.2) is 0 Å². The molecule has 6 nitrogen and oxygen atoms in total. The molecule has 0 aromatic rings. The second-order valence-electron chi connectivity index (χ2n) is 3.29. The van der Waals surface area contributed by atoms with Crippen molar-refractivity contribution in [3.63, 3.8) is 0 Å². The number of carbonyl (C=O) groups excluding carboxylic acids is 1. The van der Waals surface area contributed by atoms with Crippen molar-refractivity contribution in [1.29, 1.82) is 0 Å². The molecule has 0 aliphatic heterocycles. The van der Waals surface area contributed by atoms with E-state index < -0.39 is 23.5 Å². The number of carbonyl (C=O) groups is 3. The Morgan fingerprint density at radius 1 is 1.00 bits per heavy atom. The first-order valence-corrected chi connectivity index (χ1v) is 4.38. The highest BCUT2D eigenvalue weighted by molar-refractivity contribution is 6.37. The van der Waals surface area contributed by atoms with Gasteiger partial charge in [0, 0.05) is 17.7 Å². The lowest BCUT2D eigenvalue weighted by atomic mass is 10.00. The standard InChI is InChI=1S/C10H12O6/c1-5(2)6(3-9(13)14)7(11)4-8(12)10(15)16/h3-5,11H,1-2H3,(H,13,14)(H,15,16). The molecule has 0 heterocycles. The van der Waals surface area contributed by atoms with Crippen molar-refractivity contribution in [2.24, 2.45) is 5.92 Å². The van der Waals surface area contributed by atoms with Crippen LogP contribution in [0.3, 0.4) is 0 Å². The summed E-state index contributed by atoms with van der Waals surface area (Å²) in [6, 6.07) is 0. The van der Waals surface area contributed by atoms with Crippen LogP contribution in [0, 0.1) is 5.92 Å². The summed E-state index contributed by atoms with van der Waals surface area (Å²) in [6.45, 7) is 3.20. The molecule has 0 spiro atoms. The van der Waals surface area contributed by atoms with E-state index in [2.05, 4.69) is 0 Å². The third kappa shape index (κ3) is 4.41. The molecule has 0 saturated carbocycles. The van der Waals surface area contributed by atoms with Gasteiger partial charge in [-0.1, -0.05) is 13.8 Å². The molecule has 0 radical (unpaired) electrons. The van der Waals surface area contributed by atoms with Crippen LogP contribution in [0.5, 0.6) is 0 Å². The van der Waals surface area contributed by atoms with E-state index in [1.165, 1.54) is 0 Å². The van der Waals surface area contributed by atoms with Gasteiger partial charge in [-0.3, -0.25) is 4.79 Å². The molecule has 0 rings (SSSR count). The highest BCUT2D eigenvalue weighted by atomic mass is 16.4. The Bertz CT molecular complexity index is 375. The minimum Gasteiger partial charge on any atom is -0.508 e. The maximum atomic E-state index is 10.8. The summed E-state index contributed by atoms with van der Waals surface area (Å²) in [5.41, 5.74) is -0.0119. The lowest BCUT2D eigenvalue weighted by molar-refractivity contribution is -0.146. The largest absolute Gasteiger partial charge is 0.508 e. The van der Waals surface area contributed by atoms with Gasteiger partial charge in [-0.25, -0.2) is 9.59 Å². The molecule has 3 N–H and O–H groups in total. The van der Waals surface area contributed by atoms with Gasteiger partial charge in [0.05, 0.1) is 0 Å². The SMILES string of the molecule is CC(C)C(=CC(=O)O)C(O)=CC(=O)C(=O)O. The van der Waals surface area contributed by atoms with Crippen molar-refractivity contribution >= 4 is 17.7 Å². The van der Waals surface area contributed by atoms with Gasteiger partial charge < -0.3 is 15.3 Å². The average molecular weight is 228 g/mol. The van der Waals surface area contributed by atoms with Gasteiger partial charge in [0.2, 0.25) is 0 Å². The Hall–Kier alpha value is -2.11. The summed E-state index contributed by atoms with van der Waals surface area (Å²) < 4.78 is 0. The van der Waals surface area contributed by atoms with Crippen molar-refractivity contribution in [3.8, 4) is 0 Å². The number of aliphatic hydroxyl groups is 1. The minimum absolute atomic E-state index is 0.0119. The second-order valence-corrected chi connectivity index (χ2v) is 3.29. The summed E-state index contributed by atoms with van der Waals surface area (Å²) in [4.78, 5) is 31.4. The number of hydrogen-bond acceptors (Lipinski definition) is 4. The quantitative estimate of drug-likeness (QED) is 0.277. The maximum Gasteiger partial charge on any atom is 0.376 e. The summed E-state index contributed by atoms with van der Waals surface area (Å²) in [5, 5.41) is 26.2. The van der Waals surface area contributed by atoms with E-state index in [0.717, 1.165) is 6.08 Å². The first-order valence-electron chi connectivity index (χ1n) is 4.38. The summed E-state index contributed by atoms with van der Waals surface area (Å²) in [5.74, 6) is -5.32. The molecule has 0 unspecified atom stereocenters. The highest BCUT2D eigenvalue weighted by Crippen LogP contribution is 2.17. The van der Waals surface area contributed by atoms with Gasteiger partial charge >= 0.3 is 11.9 Å². The predicted molar refractivity (Wildman–Crippen MR) is 53.9 cm³/mol. The molecule has 0 atom stereocenters. The average Bonchev–Trinajstić information content (AvgIpc) is 2.12. The molecule has 0 amide bonds. The molecule has 0 bridgehead atoms. The number of allylic oxidation sites excluding steroid dienone is 1. The molecule has 0 aromatic carbocycles. The van der Waals surface area contributed by atoms with Gasteiger partial charge in [0.1, 0.15) is 5.76 Å². The lowest BCUT2D eigenvalue weighted by Gasteiger charge is -2.08. The van der Waals surface area contributed by atoms with Gasteiger partial charge in [0.25, 0.3) is 5.78 Å². The van der Waals surface area contributed by atoms with Crippen molar-refractivity contribution in [2.75, 3.05) is 0 Å². The van der Waals surface area contributed by atoms with E-state index in [1.54, 1.807) is 13.8 Å². The molecule has 88 valence electrons. The maximum absolute atomic E-state index is 10.8. The zero-order valence-electron chi connectivity index (χ0n) is 8.80. The van der Waals surface area contributed by atoms with Crippen molar-refractivity contribution in [3.05, 3.63) is 23.5 Å². The Kier molecular flexibility index (Phi) is 4.94. The summed E-state index contributed by atoms with van der Waals surface area (Å²) in [6.07, 6.45) is 1.21. The third-order valence-corrected chi connectivity index (χ3v) is 1.68. The van der Waals surface area contributed by atoms with Crippen LogP contribution < -0.4 is 0 Å². The van der Waals surface area contributed by atoms with E-state index in [1.807, 2.05) is 0 Å². The number of aliphatic hydroxyl groups excluding tert-OH is 1. The second kappa shape index (κ2) is 5.69. The lowest BCUT2D eigenvalue weighted by Crippen LogP contribution is -2.11. The van der Waals surface area contributed by atoms with E-state index in [-0.39, 0.29) is 11.5 Å². The zero-order valence-corrected chi connectivity index (χ0v) is 8.80. The molecule has 0 aliphatic rings. The summed E-state index contributed by atoms with van der Waals surface area (Å²) >= 11 is 0. The number of rotatable bonds is 5. The predicted octanol–water partition coefficient (Wildman–Crippen LogP) is 0.749. The number of aliphatic carboxylic acids is 2. The van der Waals surface area contributed by atoms with Gasteiger partial charge in [-0.15, -0.1) is 0 Å². The van der Waals surface area contributed by atoms with Crippen LogP contribution in [0.25, 0.3) is 0 Å². The monoisotopic (exact) mass is 228 g/mol. The number of carboxylic acids is 2. The molecule has 0 saturated heterocycles. The van der Waals surface area contributed by atoms with E-state index in [9.17, 15) is 19.5 Å². The Balaban J connectivity index is 5.18. The fraction of sp³-hybridized carbons (Fsp3) is 0.300. The van der Waals surface area contributed by atoms with Gasteiger partial charge in [-0.05, 0) is 5.92 Å². The van der Waals surface area contributed by atoms with Crippen LogP contribution in [0.15, 0.2) is 23.5 Å². The van der Waals surface area contributed by atoms with Crippen molar-refractivity contribution in [1.82, 2.24) is 0 Å². The highest BCUT2D eigenvalue weighted by Gasteiger charge is 2.15. The van der Waals surface area contributed by atoms with Crippen LogP contribution in [0.4, 0.5) is 0 Å². The number of hydrogen-bond donors (Lipinski definition) is 3. The zero-order chi connectivity index (χ0) is 12.9. The molecular weight excluding hydrogens is 216 g/mol. The van der Waals surface area contributed by atoms with Crippen LogP contribution >= 0.6 is 0 Å². The number of ketones is 1. The molecule has 0 aliphatic carbocycles. The minimum atomic E-state index is -1.72. The van der Waals surface area contributed by atoms with Crippen LogP contribution in [-0.4, -0.2) is 33.0 Å². The normalized spacial score (nSPS) is 12.7. The van der Waals surface area contributed by atoms with Crippen LogP contribution in [-0.2, 0) is 14.4 Å². The van der Waals surface area contributed by atoms with E-state index >= 15 is 0 Å². The Morgan fingerprint density at radius 3 is 1.81 bits per heavy atom. The van der Waals surface area contributed by atoms with Gasteiger partial charge in [-0.2, -0.15) is 0 Å². The summed E-state index contributed by atoms with van der Waals surface area (Å²) in [7, 11) is 0. The van der Waals surface area contributed by atoms with Crippen LogP contribution in [0.1, 0.15) is 13.8 Å². The molecular formula is C10H12O6. The topological polar surface area (TPSA) is 112 Å². The number of carboxylic acid groups (broad SMARTS) is 2. The van der Waals surface area contributed by atoms with Crippen LogP contribution in [0.2, 0.25) is 0 Å². The van der Waals surface area contributed by atoms with E-state index in [0.29, 0.717) is 6.08 Å². The van der Waals surface area contributed by atoms with Crippen molar-refractivity contribution in [2.45, 2.75) is 13.8 Å².